The normalized spacial score (nSPS) is 17.5. The predicted octanol–water partition coefficient (Wildman–Crippen LogP) is 3.05. The third-order valence-electron chi connectivity index (χ3n) is 5.56. The molecule has 7 heteroatoms. The van der Waals surface area contributed by atoms with Gasteiger partial charge in [0, 0.05) is 31.9 Å². The molecule has 1 fully saturated rings. The molecule has 31 heavy (non-hydrogen) atoms. The van der Waals surface area contributed by atoms with E-state index in [-0.39, 0.29) is 17.5 Å². The third kappa shape index (κ3) is 4.84. The number of hydrogen-bond acceptors (Lipinski definition) is 5. The smallest absolute Gasteiger partial charge is 0.278 e. The van der Waals surface area contributed by atoms with Crippen LogP contribution in [-0.2, 0) is 14.3 Å². The molecule has 0 aliphatic carbocycles. The number of nitrogens with zero attached hydrogens (tertiary/aromatic N) is 2. The number of aryl methyl sites for hydroxylation is 1. The molecule has 2 aliphatic rings. The van der Waals surface area contributed by atoms with Crippen LogP contribution in [0.4, 0.5) is 10.1 Å². The molecule has 1 N–H and O–H groups in total. The summed E-state index contributed by atoms with van der Waals surface area (Å²) in [5.41, 5.74) is 2.66. The van der Waals surface area contributed by atoms with Crippen molar-refractivity contribution < 1.29 is 18.7 Å². The van der Waals surface area contributed by atoms with Gasteiger partial charge in [0.05, 0.1) is 18.8 Å². The van der Waals surface area contributed by atoms with Crippen LogP contribution in [0.25, 0.3) is 5.57 Å². The van der Waals surface area contributed by atoms with Crippen molar-refractivity contribution in [3.8, 4) is 0 Å². The van der Waals surface area contributed by atoms with E-state index in [1.165, 1.54) is 17.0 Å². The minimum Gasteiger partial charge on any atom is -0.379 e. The molecule has 0 aromatic heterocycles. The van der Waals surface area contributed by atoms with E-state index >= 15 is 0 Å². The van der Waals surface area contributed by atoms with Crippen LogP contribution < -0.4 is 5.32 Å². The molecular formula is C24H26FN3O3. The van der Waals surface area contributed by atoms with Gasteiger partial charge in [0.1, 0.15) is 11.5 Å². The van der Waals surface area contributed by atoms with Gasteiger partial charge in [-0.2, -0.15) is 0 Å². The standard InChI is InChI=1S/C24H26FN3O3/c1-17-6-8-18(9-7-17)21-22(26-20-5-2-4-19(25)16-20)24(30)28(23(21)29)11-3-10-27-12-14-31-15-13-27/h2,4-9,16,26H,3,10-15H2,1H3. The van der Waals surface area contributed by atoms with E-state index in [9.17, 15) is 14.0 Å². The zero-order chi connectivity index (χ0) is 21.8. The summed E-state index contributed by atoms with van der Waals surface area (Å²) < 4.78 is 19.0. The Balaban J connectivity index is 1.56. The lowest BCUT2D eigenvalue weighted by Crippen LogP contribution is -2.39. The number of hydrogen-bond donors (Lipinski definition) is 1. The highest BCUT2D eigenvalue weighted by atomic mass is 19.1. The van der Waals surface area contributed by atoms with Gasteiger partial charge in [0.25, 0.3) is 11.8 Å². The van der Waals surface area contributed by atoms with E-state index in [0.717, 1.165) is 25.2 Å². The Kier molecular flexibility index (Phi) is 6.44. The summed E-state index contributed by atoms with van der Waals surface area (Å²) in [5, 5.41) is 3.00. The largest absolute Gasteiger partial charge is 0.379 e. The first-order chi connectivity index (χ1) is 15.0. The average molecular weight is 423 g/mol. The van der Waals surface area contributed by atoms with Crippen molar-refractivity contribution in [1.82, 2.24) is 9.80 Å². The maximum Gasteiger partial charge on any atom is 0.278 e. The summed E-state index contributed by atoms with van der Waals surface area (Å²) in [6, 6.07) is 13.3. The van der Waals surface area contributed by atoms with Gasteiger partial charge in [0.15, 0.2) is 0 Å². The maximum absolute atomic E-state index is 13.7. The van der Waals surface area contributed by atoms with Crippen molar-refractivity contribution in [3.63, 3.8) is 0 Å². The van der Waals surface area contributed by atoms with E-state index in [4.69, 9.17) is 4.74 Å². The van der Waals surface area contributed by atoms with Gasteiger partial charge in [-0.1, -0.05) is 35.9 Å². The zero-order valence-corrected chi connectivity index (χ0v) is 17.6. The van der Waals surface area contributed by atoms with Crippen molar-refractivity contribution >= 4 is 23.1 Å². The molecule has 2 heterocycles. The number of carbonyl (C=O) groups excluding carboxylic acids is 2. The minimum absolute atomic E-state index is 0.186. The lowest BCUT2D eigenvalue weighted by molar-refractivity contribution is -0.136. The lowest BCUT2D eigenvalue weighted by Gasteiger charge is -2.27. The fourth-order valence-electron chi connectivity index (χ4n) is 3.87. The molecular weight excluding hydrogens is 397 g/mol. The van der Waals surface area contributed by atoms with E-state index in [2.05, 4.69) is 10.2 Å². The molecule has 2 aromatic rings. The van der Waals surface area contributed by atoms with Gasteiger partial charge in [0.2, 0.25) is 0 Å². The Labute approximate surface area is 181 Å². The summed E-state index contributed by atoms with van der Waals surface area (Å²) in [5.74, 6) is -1.12. The third-order valence-corrected chi connectivity index (χ3v) is 5.56. The van der Waals surface area contributed by atoms with Crippen molar-refractivity contribution in [2.45, 2.75) is 13.3 Å². The molecule has 0 spiro atoms. The van der Waals surface area contributed by atoms with Crippen molar-refractivity contribution in [2.75, 3.05) is 44.7 Å². The summed E-state index contributed by atoms with van der Waals surface area (Å²) in [7, 11) is 0. The Hall–Kier alpha value is -3.03. The average Bonchev–Trinajstić information content (AvgIpc) is 2.99. The van der Waals surface area contributed by atoms with Gasteiger partial charge < -0.3 is 10.1 Å². The zero-order valence-electron chi connectivity index (χ0n) is 17.6. The minimum atomic E-state index is -0.415. The van der Waals surface area contributed by atoms with Crippen LogP contribution in [0.15, 0.2) is 54.2 Å². The molecule has 1 saturated heterocycles. The molecule has 0 unspecified atom stereocenters. The highest BCUT2D eigenvalue weighted by Gasteiger charge is 2.39. The quantitative estimate of drug-likeness (QED) is 0.694. The highest BCUT2D eigenvalue weighted by Crippen LogP contribution is 2.31. The number of carbonyl (C=O) groups is 2. The lowest BCUT2D eigenvalue weighted by atomic mass is 10.0. The van der Waals surface area contributed by atoms with Gasteiger partial charge in [-0.05, 0) is 37.1 Å². The van der Waals surface area contributed by atoms with E-state index in [0.29, 0.717) is 43.0 Å². The van der Waals surface area contributed by atoms with Crippen LogP contribution in [0.1, 0.15) is 17.5 Å². The number of benzene rings is 2. The van der Waals surface area contributed by atoms with Crippen LogP contribution in [0, 0.1) is 12.7 Å². The van der Waals surface area contributed by atoms with Gasteiger partial charge in [-0.15, -0.1) is 0 Å². The fraction of sp³-hybridized carbons (Fsp3) is 0.333. The maximum atomic E-state index is 13.7. The highest BCUT2D eigenvalue weighted by molar-refractivity contribution is 6.36. The second-order valence-electron chi connectivity index (χ2n) is 7.82. The second kappa shape index (κ2) is 9.41. The molecule has 6 nitrogen and oxygen atoms in total. The Bertz CT molecular complexity index is 997. The number of ether oxygens (including phenoxy) is 1. The SMILES string of the molecule is Cc1ccc(C2=C(Nc3cccc(F)c3)C(=O)N(CCCN3CCOCC3)C2=O)cc1. The van der Waals surface area contributed by atoms with Crippen LogP contribution in [0.2, 0.25) is 0 Å². The van der Waals surface area contributed by atoms with Crippen LogP contribution in [-0.4, -0.2) is 61.0 Å². The number of morpholine rings is 1. The number of amides is 2. The molecule has 0 atom stereocenters. The number of rotatable bonds is 7. The molecule has 2 aromatic carbocycles. The molecule has 0 bridgehead atoms. The number of halogens is 1. The van der Waals surface area contributed by atoms with Gasteiger partial charge >= 0.3 is 0 Å². The molecule has 2 amide bonds. The predicted molar refractivity (Wildman–Crippen MR) is 117 cm³/mol. The number of imide groups is 1. The molecule has 162 valence electrons. The van der Waals surface area contributed by atoms with Gasteiger partial charge in [-0.3, -0.25) is 19.4 Å². The summed E-state index contributed by atoms with van der Waals surface area (Å²) in [6.07, 6.45) is 0.686. The first-order valence-corrected chi connectivity index (χ1v) is 10.5. The number of nitrogens with one attached hydrogen (secondary N) is 1. The van der Waals surface area contributed by atoms with Crippen molar-refractivity contribution in [2.24, 2.45) is 0 Å². The van der Waals surface area contributed by atoms with Crippen molar-refractivity contribution in [3.05, 3.63) is 71.2 Å². The monoisotopic (exact) mass is 423 g/mol. The molecule has 2 aliphatic heterocycles. The van der Waals surface area contributed by atoms with E-state index in [1.54, 1.807) is 12.1 Å². The summed E-state index contributed by atoms with van der Waals surface area (Å²) in [6.45, 7) is 6.24. The van der Waals surface area contributed by atoms with Gasteiger partial charge in [-0.25, -0.2) is 4.39 Å². The van der Waals surface area contributed by atoms with E-state index in [1.807, 2.05) is 31.2 Å². The summed E-state index contributed by atoms with van der Waals surface area (Å²) >= 11 is 0. The Morgan fingerprint density at radius 2 is 1.74 bits per heavy atom. The molecule has 0 saturated carbocycles. The fourth-order valence-corrected chi connectivity index (χ4v) is 3.87. The molecule has 0 radical (unpaired) electrons. The summed E-state index contributed by atoms with van der Waals surface area (Å²) in [4.78, 5) is 30.0. The number of anilines is 1. The topological polar surface area (TPSA) is 61.9 Å². The first kappa shape index (κ1) is 21.2. The first-order valence-electron chi connectivity index (χ1n) is 10.5. The second-order valence-corrected chi connectivity index (χ2v) is 7.82. The van der Waals surface area contributed by atoms with Crippen molar-refractivity contribution in [1.29, 1.82) is 0 Å². The van der Waals surface area contributed by atoms with Crippen LogP contribution in [0.5, 0.6) is 0 Å². The van der Waals surface area contributed by atoms with E-state index < -0.39 is 5.82 Å². The molecule has 4 rings (SSSR count). The van der Waals surface area contributed by atoms with Crippen LogP contribution in [0.3, 0.4) is 0 Å². The van der Waals surface area contributed by atoms with Crippen LogP contribution >= 0.6 is 0 Å². The Morgan fingerprint density at radius 1 is 1.00 bits per heavy atom. The Morgan fingerprint density at radius 3 is 2.45 bits per heavy atom.